The molecule has 0 spiro atoms. The number of benzene rings is 1. The number of piperidine rings is 1. The number of nitrogens with one attached hydrogen (secondary N) is 3. The predicted molar refractivity (Wildman–Crippen MR) is 136 cm³/mol. The summed E-state index contributed by atoms with van der Waals surface area (Å²) in [5.74, 6) is -2.56. The molecule has 1 saturated heterocycles. The van der Waals surface area contributed by atoms with Crippen LogP contribution in [0.1, 0.15) is 33.6 Å². The van der Waals surface area contributed by atoms with E-state index in [0.29, 0.717) is 12.8 Å². The average molecular weight is 628 g/mol. The van der Waals surface area contributed by atoms with E-state index in [1.165, 1.54) is 45.7 Å². The van der Waals surface area contributed by atoms with Gasteiger partial charge in [-0.25, -0.2) is 18.0 Å². The topological polar surface area (TPSA) is 99.8 Å². The molecule has 0 radical (unpaired) electrons. The molecule has 0 bridgehead atoms. The number of alkyl halides is 2. The van der Waals surface area contributed by atoms with E-state index in [4.69, 9.17) is 4.74 Å². The molecule has 1 aliphatic carbocycles. The fourth-order valence-electron chi connectivity index (χ4n) is 3.57. The Balaban J connectivity index is 1.68. The van der Waals surface area contributed by atoms with Gasteiger partial charge < -0.3 is 15.0 Å². The minimum atomic E-state index is -4.21. The Hall–Kier alpha value is -2.00. The fourth-order valence-corrected chi connectivity index (χ4v) is 5.33. The Labute approximate surface area is 216 Å². The monoisotopic (exact) mass is 628 g/mol. The third-order valence-electron chi connectivity index (χ3n) is 5.26. The van der Waals surface area contributed by atoms with Gasteiger partial charge in [-0.1, -0.05) is 18.2 Å². The van der Waals surface area contributed by atoms with E-state index < -0.39 is 55.0 Å². The summed E-state index contributed by atoms with van der Waals surface area (Å²) in [5.41, 5.74) is -1.44. The minimum Gasteiger partial charge on any atom is -0.444 e. The van der Waals surface area contributed by atoms with Crippen LogP contribution in [0.5, 0.6) is 0 Å². The normalized spacial score (nSPS) is 23.3. The van der Waals surface area contributed by atoms with Crippen LogP contribution >= 0.6 is 22.6 Å². The molecule has 2 atom stereocenters. The summed E-state index contributed by atoms with van der Waals surface area (Å²) in [6.07, 6.45) is 5.89. The maximum Gasteiger partial charge on any atom is 0.410 e. The molecule has 1 heterocycles. The molecule has 1 amide bonds. The summed E-state index contributed by atoms with van der Waals surface area (Å²) in [6.45, 7) is 5.85. The molecule has 3 N–H and O–H groups in total. The summed E-state index contributed by atoms with van der Waals surface area (Å²) in [4.78, 5) is 13.7. The molecule has 0 saturated carbocycles. The van der Waals surface area contributed by atoms with Crippen molar-refractivity contribution in [2.45, 2.75) is 55.0 Å². The summed E-state index contributed by atoms with van der Waals surface area (Å²) in [7, 11) is -4.21. The van der Waals surface area contributed by atoms with Crippen molar-refractivity contribution in [3.05, 3.63) is 48.1 Å². The smallest absolute Gasteiger partial charge is 0.410 e. The van der Waals surface area contributed by atoms with Crippen LogP contribution < -0.4 is 14.8 Å². The van der Waals surface area contributed by atoms with Crippen LogP contribution in [-0.4, -0.2) is 53.9 Å². The van der Waals surface area contributed by atoms with E-state index in [9.17, 15) is 26.4 Å². The lowest BCUT2D eigenvalue weighted by molar-refractivity contribution is 0.0203. The Morgan fingerprint density at radius 2 is 1.86 bits per heavy atom. The van der Waals surface area contributed by atoms with Crippen molar-refractivity contribution < 1.29 is 31.1 Å². The molecule has 3 rings (SSSR count). The van der Waals surface area contributed by atoms with Crippen LogP contribution in [-0.2, 0) is 14.9 Å². The second kappa shape index (κ2) is 10.5. The van der Waals surface area contributed by atoms with Gasteiger partial charge in [0.25, 0.3) is 10.2 Å². The quantitative estimate of drug-likeness (QED) is 0.316. The van der Waals surface area contributed by atoms with Crippen LogP contribution in [0.4, 0.5) is 29.3 Å². The zero-order valence-corrected chi connectivity index (χ0v) is 22.4. The molecular weight excluding hydrogens is 600 g/mol. The van der Waals surface area contributed by atoms with Gasteiger partial charge in [0.15, 0.2) is 11.6 Å². The number of nitrogens with zero attached hydrogens (tertiary/aromatic N) is 1. The number of amides is 1. The summed E-state index contributed by atoms with van der Waals surface area (Å²) < 4.78 is 77.0. The van der Waals surface area contributed by atoms with Crippen molar-refractivity contribution in [1.82, 2.24) is 9.62 Å². The molecule has 1 fully saturated rings. The molecule has 1 aliphatic heterocycles. The van der Waals surface area contributed by atoms with Gasteiger partial charge in [-0.2, -0.15) is 13.1 Å². The van der Waals surface area contributed by atoms with Gasteiger partial charge in [0.05, 0.1) is 17.4 Å². The Morgan fingerprint density at radius 3 is 2.46 bits per heavy atom. The van der Waals surface area contributed by atoms with Crippen molar-refractivity contribution in [3.63, 3.8) is 0 Å². The lowest BCUT2D eigenvalue weighted by Crippen LogP contribution is -2.48. The summed E-state index contributed by atoms with van der Waals surface area (Å²) >= 11 is 1.52. The molecule has 13 heteroatoms. The predicted octanol–water partition coefficient (Wildman–Crippen LogP) is 4.62. The number of halogens is 4. The molecule has 2 unspecified atom stereocenters. The van der Waals surface area contributed by atoms with Gasteiger partial charge in [-0.05, 0) is 74.4 Å². The lowest BCUT2D eigenvalue weighted by Gasteiger charge is -2.33. The van der Waals surface area contributed by atoms with Crippen molar-refractivity contribution in [1.29, 1.82) is 0 Å². The van der Waals surface area contributed by atoms with E-state index in [1.54, 1.807) is 26.8 Å². The average Bonchev–Trinajstić information content (AvgIpc) is 2.73. The second-order valence-electron chi connectivity index (χ2n) is 9.29. The third kappa shape index (κ3) is 7.49. The number of ether oxygens (including phenoxy) is 1. The highest BCUT2D eigenvalue weighted by Gasteiger charge is 2.35. The van der Waals surface area contributed by atoms with E-state index >= 15 is 0 Å². The Bertz CT molecular complexity index is 1110. The molecule has 1 aromatic carbocycles. The van der Waals surface area contributed by atoms with Crippen LogP contribution in [0.15, 0.2) is 36.4 Å². The van der Waals surface area contributed by atoms with E-state index in [1.807, 2.05) is 0 Å². The standard InChI is InChI=1S/C22H28F3IN4O4S/c1-21(2,3)34-20(31)30-12-9-14(10-13-30)28-35(32,33)29-16-8-7-15(23)18(24)19(16)27-17-6-4-5-11-22(17,25)26/h4-8,11,14,17,27-29H,9-10,12-13H2,1-3H3. The van der Waals surface area contributed by atoms with Gasteiger partial charge in [-0.3, -0.25) is 4.72 Å². The number of hydrogen-bond acceptors (Lipinski definition) is 5. The molecular formula is C22H28F3IN4O4S. The fraction of sp³-hybridized carbons (Fsp3) is 0.500. The number of likely N-dealkylation sites (tertiary alicyclic amines) is 1. The Morgan fingerprint density at radius 1 is 1.20 bits per heavy atom. The van der Waals surface area contributed by atoms with E-state index in [2.05, 4.69) is 14.8 Å². The minimum absolute atomic E-state index is 0.280. The maximum absolute atomic E-state index is 14.8. The summed E-state index contributed by atoms with van der Waals surface area (Å²) in [6, 6.07) is 0.270. The van der Waals surface area contributed by atoms with Crippen LogP contribution in [0.3, 0.4) is 0 Å². The van der Waals surface area contributed by atoms with Crippen molar-refractivity contribution >= 4 is 50.3 Å². The van der Waals surface area contributed by atoms with Crippen molar-refractivity contribution in [2.75, 3.05) is 23.1 Å². The number of carbonyl (C=O) groups is 1. The highest BCUT2D eigenvalue weighted by atomic mass is 127. The van der Waals surface area contributed by atoms with Gasteiger partial charge in [0.1, 0.15) is 5.60 Å². The van der Waals surface area contributed by atoms with E-state index in [-0.39, 0.29) is 18.8 Å². The van der Waals surface area contributed by atoms with Crippen LogP contribution in [0.25, 0.3) is 0 Å². The van der Waals surface area contributed by atoms with E-state index in [0.717, 1.165) is 12.1 Å². The number of rotatable bonds is 6. The molecule has 194 valence electrons. The van der Waals surface area contributed by atoms with Crippen LogP contribution in [0.2, 0.25) is 0 Å². The first-order chi connectivity index (χ1) is 16.2. The van der Waals surface area contributed by atoms with Gasteiger partial charge in [0.2, 0.25) is 3.68 Å². The first-order valence-electron chi connectivity index (χ1n) is 10.9. The highest BCUT2D eigenvalue weighted by molar-refractivity contribution is 14.1. The maximum atomic E-state index is 14.8. The van der Waals surface area contributed by atoms with Gasteiger partial charge in [0, 0.05) is 19.1 Å². The molecule has 0 aromatic heterocycles. The molecule has 8 nitrogen and oxygen atoms in total. The summed E-state index contributed by atoms with van der Waals surface area (Å²) in [5, 5.41) is 2.56. The van der Waals surface area contributed by atoms with Gasteiger partial charge >= 0.3 is 6.09 Å². The lowest BCUT2D eigenvalue weighted by atomic mass is 10.1. The third-order valence-corrected chi connectivity index (χ3v) is 7.42. The first-order valence-corrected chi connectivity index (χ1v) is 13.5. The highest BCUT2D eigenvalue weighted by Crippen LogP contribution is 2.36. The number of anilines is 2. The van der Waals surface area contributed by atoms with Crippen molar-refractivity contribution in [2.24, 2.45) is 0 Å². The molecule has 35 heavy (non-hydrogen) atoms. The largest absolute Gasteiger partial charge is 0.444 e. The number of hydrogen-bond donors (Lipinski definition) is 3. The molecule has 2 aliphatic rings. The number of allylic oxidation sites excluding steroid dienone is 2. The zero-order valence-electron chi connectivity index (χ0n) is 19.4. The van der Waals surface area contributed by atoms with Gasteiger partial charge in [-0.15, -0.1) is 0 Å². The second-order valence-corrected chi connectivity index (χ2v) is 12.4. The number of carbonyl (C=O) groups excluding carboxylic acids is 1. The molecule has 1 aromatic rings. The SMILES string of the molecule is CC(C)(C)OC(=O)N1CCC(NS(=O)(=O)Nc2ccc(F)c(F)c2NC2C=CC=CC2(F)I)CC1. The first kappa shape index (κ1) is 27.6. The van der Waals surface area contributed by atoms with Crippen LogP contribution in [0, 0.1) is 11.6 Å². The van der Waals surface area contributed by atoms with Crippen molar-refractivity contribution in [3.8, 4) is 0 Å². The Kier molecular flexibility index (Phi) is 8.31. The zero-order chi connectivity index (χ0) is 26.0.